The van der Waals surface area contributed by atoms with Crippen LogP contribution in [-0.4, -0.2) is 13.0 Å². The Labute approximate surface area is 116 Å². The van der Waals surface area contributed by atoms with Gasteiger partial charge in [-0.3, -0.25) is 0 Å². The van der Waals surface area contributed by atoms with Crippen LogP contribution in [0.5, 0.6) is 0 Å². The van der Waals surface area contributed by atoms with Crippen LogP contribution in [0.2, 0.25) is 5.02 Å². The Hall–Kier alpha value is -0.190. The SMILES string of the molecule is CNC(CC1CCCC(F)(F)C1)c1sccc1Cl. The largest absolute Gasteiger partial charge is 0.312 e. The summed E-state index contributed by atoms with van der Waals surface area (Å²) in [6.07, 6.45) is 2.34. The Kier molecular flexibility index (Phi) is 4.62. The summed E-state index contributed by atoms with van der Waals surface area (Å²) in [6.45, 7) is 0. The van der Waals surface area contributed by atoms with Crippen molar-refractivity contribution in [3.8, 4) is 0 Å². The molecule has 0 radical (unpaired) electrons. The summed E-state index contributed by atoms with van der Waals surface area (Å²) in [4.78, 5) is 1.06. The average Bonchev–Trinajstić information content (AvgIpc) is 2.71. The summed E-state index contributed by atoms with van der Waals surface area (Å²) in [5, 5.41) is 5.88. The van der Waals surface area contributed by atoms with Gasteiger partial charge in [-0.25, -0.2) is 8.78 Å². The van der Waals surface area contributed by atoms with Crippen molar-refractivity contribution in [1.82, 2.24) is 5.32 Å². The number of halogens is 3. The predicted octanol–water partition coefficient (Wildman–Crippen LogP) is 4.88. The Morgan fingerprint density at radius 1 is 1.61 bits per heavy atom. The van der Waals surface area contributed by atoms with Crippen LogP contribution in [0.15, 0.2) is 11.4 Å². The second kappa shape index (κ2) is 5.85. The van der Waals surface area contributed by atoms with Crippen LogP contribution < -0.4 is 5.32 Å². The average molecular weight is 294 g/mol. The fourth-order valence-corrected chi connectivity index (χ4v) is 4.03. The van der Waals surface area contributed by atoms with Crippen molar-refractivity contribution in [1.29, 1.82) is 0 Å². The first-order valence-electron chi connectivity index (χ1n) is 6.30. The van der Waals surface area contributed by atoms with Gasteiger partial charge in [-0.15, -0.1) is 11.3 Å². The van der Waals surface area contributed by atoms with Crippen molar-refractivity contribution < 1.29 is 8.78 Å². The molecule has 0 spiro atoms. The fourth-order valence-electron chi connectivity index (χ4n) is 2.72. The molecule has 1 heterocycles. The predicted molar refractivity (Wildman–Crippen MR) is 72.7 cm³/mol. The minimum atomic E-state index is -2.47. The van der Waals surface area contributed by atoms with Crippen LogP contribution in [0.4, 0.5) is 8.78 Å². The van der Waals surface area contributed by atoms with Gasteiger partial charge in [-0.2, -0.15) is 0 Å². The van der Waals surface area contributed by atoms with E-state index >= 15 is 0 Å². The van der Waals surface area contributed by atoms with E-state index in [-0.39, 0.29) is 24.8 Å². The highest BCUT2D eigenvalue weighted by Crippen LogP contribution is 2.41. The summed E-state index contributed by atoms with van der Waals surface area (Å²) in [5.74, 6) is -2.38. The number of nitrogens with one attached hydrogen (secondary N) is 1. The Morgan fingerprint density at radius 3 is 2.94 bits per heavy atom. The Morgan fingerprint density at radius 2 is 2.39 bits per heavy atom. The molecule has 1 aliphatic rings. The topological polar surface area (TPSA) is 12.0 Å². The van der Waals surface area contributed by atoms with Crippen molar-refractivity contribution in [3.63, 3.8) is 0 Å². The van der Waals surface area contributed by atoms with Crippen LogP contribution in [0.3, 0.4) is 0 Å². The zero-order valence-corrected chi connectivity index (χ0v) is 12.0. The molecule has 0 saturated heterocycles. The van der Waals surface area contributed by atoms with E-state index in [1.807, 2.05) is 18.5 Å². The number of hydrogen-bond donors (Lipinski definition) is 1. The standard InChI is InChI=1S/C13H18ClF2NS/c1-17-11(12-10(14)4-6-18-12)7-9-3-2-5-13(15,16)8-9/h4,6,9,11,17H,2-3,5,7-8H2,1H3. The summed E-state index contributed by atoms with van der Waals surface area (Å²) < 4.78 is 26.8. The lowest BCUT2D eigenvalue weighted by Crippen LogP contribution is -2.29. The first-order chi connectivity index (χ1) is 8.52. The van der Waals surface area contributed by atoms with E-state index in [9.17, 15) is 8.78 Å². The van der Waals surface area contributed by atoms with Crippen LogP contribution >= 0.6 is 22.9 Å². The molecule has 1 nitrogen and oxygen atoms in total. The molecule has 1 aliphatic carbocycles. The van der Waals surface area contributed by atoms with Gasteiger partial charge >= 0.3 is 0 Å². The molecule has 1 aromatic heterocycles. The van der Waals surface area contributed by atoms with Gasteiger partial charge in [-0.1, -0.05) is 11.6 Å². The highest BCUT2D eigenvalue weighted by atomic mass is 35.5. The maximum absolute atomic E-state index is 13.4. The molecule has 0 amide bonds. The third-order valence-electron chi connectivity index (χ3n) is 3.62. The molecule has 1 N–H and O–H groups in total. The van der Waals surface area contributed by atoms with E-state index in [1.54, 1.807) is 11.3 Å². The number of alkyl halides is 2. The second-order valence-electron chi connectivity index (χ2n) is 5.03. The molecule has 1 saturated carbocycles. The van der Waals surface area contributed by atoms with Gasteiger partial charge in [0, 0.05) is 23.8 Å². The van der Waals surface area contributed by atoms with E-state index in [0.717, 1.165) is 22.7 Å². The number of thiophene rings is 1. The van der Waals surface area contributed by atoms with Crippen LogP contribution in [0.25, 0.3) is 0 Å². The highest BCUT2D eigenvalue weighted by molar-refractivity contribution is 7.10. The molecule has 1 fully saturated rings. The highest BCUT2D eigenvalue weighted by Gasteiger charge is 2.37. The summed E-state index contributed by atoms with van der Waals surface area (Å²) in [5.41, 5.74) is 0. The van der Waals surface area contributed by atoms with E-state index in [2.05, 4.69) is 5.32 Å². The summed E-state index contributed by atoms with van der Waals surface area (Å²) in [6, 6.07) is 1.96. The molecule has 1 aromatic rings. The zero-order valence-electron chi connectivity index (χ0n) is 10.4. The van der Waals surface area contributed by atoms with Crippen molar-refractivity contribution in [2.75, 3.05) is 7.05 Å². The smallest absolute Gasteiger partial charge is 0.248 e. The van der Waals surface area contributed by atoms with E-state index in [1.165, 1.54) is 0 Å². The lowest BCUT2D eigenvalue weighted by atomic mass is 9.82. The lowest BCUT2D eigenvalue weighted by molar-refractivity contribution is -0.0547. The minimum absolute atomic E-state index is 0.0220. The Bertz CT molecular complexity index is 394. The minimum Gasteiger partial charge on any atom is -0.312 e. The van der Waals surface area contributed by atoms with Crippen LogP contribution in [-0.2, 0) is 0 Å². The van der Waals surface area contributed by atoms with Gasteiger partial charge in [0.25, 0.3) is 0 Å². The fraction of sp³-hybridized carbons (Fsp3) is 0.692. The van der Waals surface area contributed by atoms with Crippen molar-refractivity contribution in [2.45, 2.75) is 44.1 Å². The number of hydrogen-bond acceptors (Lipinski definition) is 2. The molecule has 2 unspecified atom stereocenters. The van der Waals surface area contributed by atoms with Crippen molar-refractivity contribution in [3.05, 3.63) is 21.3 Å². The maximum atomic E-state index is 13.4. The first-order valence-corrected chi connectivity index (χ1v) is 7.55. The molecule has 102 valence electrons. The normalized spacial score (nSPS) is 25.0. The van der Waals surface area contributed by atoms with Crippen molar-refractivity contribution >= 4 is 22.9 Å². The molecule has 0 aliphatic heterocycles. The number of rotatable bonds is 4. The van der Waals surface area contributed by atoms with Gasteiger partial charge in [0.2, 0.25) is 5.92 Å². The summed E-state index contributed by atoms with van der Waals surface area (Å²) >= 11 is 7.70. The molecule has 2 rings (SSSR count). The van der Waals surface area contributed by atoms with E-state index < -0.39 is 5.92 Å². The van der Waals surface area contributed by atoms with E-state index in [4.69, 9.17) is 11.6 Å². The molecule has 2 atom stereocenters. The monoisotopic (exact) mass is 293 g/mol. The molecule has 0 aromatic carbocycles. The first kappa shape index (κ1) is 14.2. The molecule has 18 heavy (non-hydrogen) atoms. The summed E-state index contributed by atoms with van der Waals surface area (Å²) in [7, 11) is 1.86. The third-order valence-corrected chi connectivity index (χ3v) is 5.09. The maximum Gasteiger partial charge on any atom is 0.248 e. The van der Waals surface area contributed by atoms with Crippen LogP contribution in [0, 0.1) is 5.92 Å². The van der Waals surface area contributed by atoms with E-state index in [0.29, 0.717) is 6.42 Å². The quantitative estimate of drug-likeness (QED) is 0.834. The third kappa shape index (κ3) is 3.43. The second-order valence-corrected chi connectivity index (χ2v) is 6.38. The molecular formula is C13H18ClF2NS. The zero-order chi connectivity index (χ0) is 13.2. The molecule has 0 bridgehead atoms. The van der Waals surface area contributed by atoms with Gasteiger partial charge in [0.1, 0.15) is 0 Å². The molecular weight excluding hydrogens is 276 g/mol. The molecule has 5 heteroatoms. The van der Waals surface area contributed by atoms with Crippen LogP contribution in [0.1, 0.15) is 43.0 Å². The lowest BCUT2D eigenvalue weighted by Gasteiger charge is -2.31. The van der Waals surface area contributed by atoms with Gasteiger partial charge in [0.05, 0.1) is 5.02 Å². The van der Waals surface area contributed by atoms with Gasteiger partial charge < -0.3 is 5.32 Å². The van der Waals surface area contributed by atoms with Gasteiger partial charge in [0.15, 0.2) is 0 Å². The Balaban J connectivity index is 2.01. The van der Waals surface area contributed by atoms with Crippen molar-refractivity contribution in [2.24, 2.45) is 5.92 Å². The van der Waals surface area contributed by atoms with Gasteiger partial charge in [-0.05, 0) is 43.7 Å².